The molecular weight excluding hydrogens is 352 g/mol. The largest absolute Gasteiger partial charge is 0.364 e. The first-order valence-corrected chi connectivity index (χ1v) is 10.3. The van der Waals surface area contributed by atoms with Gasteiger partial charge in [0.25, 0.3) is 0 Å². The van der Waals surface area contributed by atoms with Crippen LogP contribution in [0, 0.1) is 6.92 Å². The molecule has 0 saturated heterocycles. The quantitative estimate of drug-likeness (QED) is 0.745. The lowest BCUT2D eigenvalue weighted by Gasteiger charge is -2.37. The number of nitrogens with zero attached hydrogens (tertiary/aromatic N) is 1. The standard InChI is InChI=1S/C19H18N2O2S2/c1-14-6-4-7-15(12-14)19-20-17-9-2-3-10-18(17)25(22,23)21(19)13-16-8-5-11-24-16/h2-12,19-20H,13H2,1H3. The molecular formula is C19H18N2O2S2. The highest BCUT2D eigenvalue weighted by Crippen LogP contribution is 2.39. The average molecular weight is 370 g/mol. The maximum absolute atomic E-state index is 13.3. The third-order valence-electron chi connectivity index (χ3n) is 4.30. The van der Waals surface area contributed by atoms with E-state index >= 15 is 0 Å². The molecule has 1 atom stereocenters. The van der Waals surface area contributed by atoms with Crippen LogP contribution in [0.15, 0.2) is 70.9 Å². The third kappa shape index (κ3) is 2.97. The molecule has 0 saturated carbocycles. The Bertz CT molecular complexity index is 998. The number of hydrogen-bond donors (Lipinski definition) is 1. The molecule has 0 aliphatic carbocycles. The number of aryl methyl sites for hydroxylation is 1. The summed E-state index contributed by atoms with van der Waals surface area (Å²) in [6.07, 6.45) is -0.429. The lowest BCUT2D eigenvalue weighted by atomic mass is 10.1. The van der Waals surface area contributed by atoms with Gasteiger partial charge in [0, 0.05) is 4.88 Å². The van der Waals surface area contributed by atoms with Crippen molar-refractivity contribution in [2.45, 2.75) is 24.5 Å². The van der Waals surface area contributed by atoms with Crippen LogP contribution in [-0.2, 0) is 16.6 Å². The summed E-state index contributed by atoms with van der Waals surface area (Å²) in [5.41, 5.74) is 2.69. The molecule has 1 aliphatic rings. The van der Waals surface area contributed by atoms with Crippen LogP contribution in [0.25, 0.3) is 0 Å². The molecule has 4 rings (SSSR count). The third-order valence-corrected chi connectivity index (χ3v) is 7.03. The molecule has 0 spiro atoms. The predicted molar refractivity (Wildman–Crippen MR) is 101 cm³/mol. The molecule has 0 fully saturated rings. The monoisotopic (exact) mass is 370 g/mol. The Morgan fingerprint density at radius 2 is 1.92 bits per heavy atom. The summed E-state index contributed by atoms with van der Waals surface area (Å²) >= 11 is 1.57. The van der Waals surface area contributed by atoms with Crippen molar-refractivity contribution in [3.8, 4) is 0 Å². The molecule has 0 radical (unpaired) electrons. The van der Waals surface area contributed by atoms with Gasteiger partial charge in [-0.15, -0.1) is 11.3 Å². The molecule has 4 nitrogen and oxygen atoms in total. The number of thiophene rings is 1. The van der Waals surface area contributed by atoms with E-state index in [1.807, 2.05) is 60.8 Å². The Kier molecular flexibility index (Phi) is 4.11. The van der Waals surface area contributed by atoms with E-state index in [4.69, 9.17) is 0 Å². The van der Waals surface area contributed by atoms with E-state index in [-0.39, 0.29) is 0 Å². The van der Waals surface area contributed by atoms with Crippen LogP contribution in [-0.4, -0.2) is 12.7 Å². The zero-order valence-corrected chi connectivity index (χ0v) is 15.3. The Labute approximate surface area is 151 Å². The summed E-state index contributed by atoms with van der Waals surface area (Å²) in [6, 6.07) is 19.0. The second-order valence-electron chi connectivity index (χ2n) is 6.09. The second-order valence-corrected chi connectivity index (χ2v) is 8.98. The lowest BCUT2D eigenvalue weighted by molar-refractivity contribution is 0.338. The van der Waals surface area contributed by atoms with Gasteiger partial charge in [-0.25, -0.2) is 8.42 Å². The van der Waals surface area contributed by atoms with Gasteiger partial charge < -0.3 is 5.32 Å². The summed E-state index contributed by atoms with van der Waals surface area (Å²) in [7, 11) is -3.59. The lowest BCUT2D eigenvalue weighted by Crippen LogP contribution is -2.42. The molecule has 1 aromatic heterocycles. The first-order valence-electron chi connectivity index (χ1n) is 8.02. The number of anilines is 1. The highest BCUT2D eigenvalue weighted by molar-refractivity contribution is 7.89. The first-order chi connectivity index (χ1) is 12.1. The van der Waals surface area contributed by atoms with Gasteiger partial charge in [-0.2, -0.15) is 4.31 Å². The number of para-hydroxylation sites is 1. The molecule has 0 bridgehead atoms. The van der Waals surface area contributed by atoms with Gasteiger partial charge in [0.1, 0.15) is 11.1 Å². The molecule has 2 aromatic carbocycles. The van der Waals surface area contributed by atoms with Crippen LogP contribution in [0.4, 0.5) is 5.69 Å². The highest BCUT2D eigenvalue weighted by Gasteiger charge is 2.38. The van der Waals surface area contributed by atoms with Crippen molar-refractivity contribution in [3.63, 3.8) is 0 Å². The average Bonchev–Trinajstić information content (AvgIpc) is 3.11. The van der Waals surface area contributed by atoms with E-state index in [0.717, 1.165) is 16.0 Å². The molecule has 1 unspecified atom stereocenters. The molecule has 6 heteroatoms. The maximum atomic E-state index is 13.3. The van der Waals surface area contributed by atoms with Crippen molar-refractivity contribution in [2.75, 3.05) is 5.32 Å². The number of nitrogens with one attached hydrogen (secondary N) is 1. The Morgan fingerprint density at radius 3 is 2.68 bits per heavy atom. The number of fused-ring (bicyclic) bond motifs is 1. The van der Waals surface area contributed by atoms with Crippen molar-refractivity contribution in [1.82, 2.24) is 4.31 Å². The normalized spacial score (nSPS) is 19.2. The van der Waals surface area contributed by atoms with E-state index in [2.05, 4.69) is 5.32 Å². The van der Waals surface area contributed by atoms with Crippen molar-refractivity contribution in [3.05, 3.63) is 82.0 Å². The SMILES string of the molecule is Cc1cccc(C2Nc3ccccc3S(=O)(=O)N2Cc2cccs2)c1. The minimum Gasteiger partial charge on any atom is -0.364 e. The first kappa shape index (κ1) is 16.3. The molecule has 3 aromatic rings. The fourth-order valence-electron chi connectivity index (χ4n) is 3.12. The van der Waals surface area contributed by atoms with Gasteiger partial charge in [-0.3, -0.25) is 0 Å². The summed E-state index contributed by atoms with van der Waals surface area (Å²) in [5, 5.41) is 5.38. The van der Waals surface area contributed by atoms with Gasteiger partial charge >= 0.3 is 0 Å². The van der Waals surface area contributed by atoms with Crippen LogP contribution in [0.5, 0.6) is 0 Å². The fraction of sp³-hybridized carbons (Fsp3) is 0.158. The Balaban J connectivity index is 1.85. The number of rotatable bonds is 3. The zero-order valence-electron chi connectivity index (χ0n) is 13.7. The highest BCUT2D eigenvalue weighted by atomic mass is 32.2. The van der Waals surface area contributed by atoms with Crippen LogP contribution in [0.1, 0.15) is 22.2 Å². The zero-order chi connectivity index (χ0) is 17.4. The smallest absolute Gasteiger partial charge is 0.247 e. The maximum Gasteiger partial charge on any atom is 0.247 e. The molecule has 128 valence electrons. The van der Waals surface area contributed by atoms with Crippen LogP contribution >= 0.6 is 11.3 Å². The van der Waals surface area contributed by atoms with E-state index in [1.165, 1.54) is 0 Å². The van der Waals surface area contributed by atoms with Crippen molar-refractivity contribution >= 4 is 27.0 Å². The number of benzene rings is 2. The van der Waals surface area contributed by atoms with Crippen molar-refractivity contribution < 1.29 is 8.42 Å². The van der Waals surface area contributed by atoms with Crippen LogP contribution in [0.2, 0.25) is 0 Å². The summed E-state index contributed by atoms with van der Waals surface area (Å²) in [5.74, 6) is 0. The molecule has 1 N–H and O–H groups in total. The summed E-state index contributed by atoms with van der Waals surface area (Å²) in [6.45, 7) is 2.36. The van der Waals surface area contributed by atoms with E-state index in [9.17, 15) is 8.42 Å². The van der Waals surface area contributed by atoms with Crippen molar-refractivity contribution in [1.29, 1.82) is 0 Å². The van der Waals surface area contributed by atoms with Gasteiger partial charge in [-0.05, 0) is 36.1 Å². The predicted octanol–water partition coefficient (Wildman–Crippen LogP) is 4.37. The summed E-state index contributed by atoms with van der Waals surface area (Å²) < 4.78 is 28.1. The molecule has 1 aliphatic heterocycles. The molecule has 0 amide bonds. The van der Waals surface area contributed by atoms with E-state index < -0.39 is 16.2 Å². The fourth-order valence-corrected chi connectivity index (χ4v) is 5.57. The van der Waals surface area contributed by atoms with Crippen molar-refractivity contribution in [2.24, 2.45) is 0 Å². The van der Waals surface area contributed by atoms with E-state index in [0.29, 0.717) is 17.1 Å². The Morgan fingerprint density at radius 1 is 1.08 bits per heavy atom. The second kappa shape index (κ2) is 6.29. The summed E-state index contributed by atoms with van der Waals surface area (Å²) in [4.78, 5) is 1.35. The number of hydrogen-bond acceptors (Lipinski definition) is 4. The van der Waals surface area contributed by atoms with Gasteiger partial charge in [-0.1, -0.05) is 48.0 Å². The molecule has 2 heterocycles. The Hall–Kier alpha value is -2.15. The van der Waals surface area contributed by atoms with E-state index in [1.54, 1.807) is 27.8 Å². The minimum atomic E-state index is -3.59. The molecule has 25 heavy (non-hydrogen) atoms. The van der Waals surface area contributed by atoms with Gasteiger partial charge in [0.2, 0.25) is 10.0 Å². The topological polar surface area (TPSA) is 49.4 Å². The minimum absolute atomic E-state index is 0.329. The number of sulfonamides is 1. The van der Waals surface area contributed by atoms with Gasteiger partial charge in [0.05, 0.1) is 12.2 Å². The van der Waals surface area contributed by atoms with Gasteiger partial charge in [0.15, 0.2) is 0 Å². The van der Waals surface area contributed by atoms with Crippen LogP contribution < -0.4 is 5.32 Å². The van der Waals surface area contributed by atoms with Crippen LogP contribution in [0.3, 0.4) is 0 Å².